The number of aliphatic hydroxyl groups excluding tert-OH is 1. The Morgan fingerprint density at radius 2 is 1.57 bits per heavy atom. The lowest BCUT2D eigenvalue weighted by Gasteiger charge is -2.40. The molecular weight excluding hydrogens is 286 g/mol. The minimum Gasteiger partial charge on any atom is -0.389 e. The zero-order chi connectivity index (χ0) is 17.0. The van der Waals surface area contributed by atoms with Gasteiger partial charge in [0.25, 0.3) is 0 Å². The number of β-amino-alcohol motifs (C(OH)–C–C–N with tert-alkyl or cyclic N) is 1. The monoisotopic (exact) mass is 325 g/mol. The topological polar surface area (TPSA) is 32.7 Å². The molecular formula is C20H39NO2. The van der Waals surface area contributed by atoms with Crippen LogP contribution in [0.25, 0.3) is 0 Å². The molecule has 0 amide bonds. The Balaban J connectivity index is 1.68. The molecule has 1 heterocycles. The fourth-order valence-electron chi connectivity index (χ4n) is 4.47. The van der Waals surface area contributed by atoms with Crippen LogP contribution >= 0.6 is 0 Å². The molecule has 3 atom stereocenters. The van der Waals surface area contributed by atoms with E-state index in [9.17, 15) is 5.11 Å². The van der Waals surface area contributed by atoms with Gasteiger partial charge in [0.05, 0.1) is 18.8 Å². The molecule has 1 saturated carbocycles. The maximum atomic E-state index is 10.4. The number of rotatable bonds is 5. The van der Waals surface area contributed by atoms with Crippen LogP contribution < -0.4 is 0 Å². The number of hydrogen-bond acceptors (Lipinski definition) is 3. The summed E-state index contributed by atoms with van der Waals surface area (Å²) in [6.45, 7) is 12.9. The lowest BCUT2D eigenvalue weighted by Crippen LogP contribution is -2.48. The largest absolute Gasteiger partial charge is 0.389 e. The van der Waals surface area contributed by atoms with Crippen LogP contribution in [-0.2, 0) is 4.74 Å². The van der Waals surface area contributed by atoms with Crippen LogP contribution in [-0.4, -0.2) is 47.4 Å². The molecule has 0 aromatic rings. The second kappa shape index (κ2) is 8.31. The Morgan fingerprint density at radius 1 is 1.00 bits per heavy atom. The molecule has 1 aliphatic heterocycles. The number of ether oxygens (including phenoxy) is 1. The second-order valence-corrected chi connectivity index (χ2v) is 9.15. The molecule has 3 heteroatoms. The molecule has 2 rings (SSSR count). The summed E-state index contributed by atoms with van der Waals surface area (Å²) < 4.78 is 6.04. The fourth-order valence-corrected chi connectivity index (χ4v) is 4.47. The molecule has 136 valence electrons. The van der Waals surface area contributed by atoms with Crippen LogP contribution in [0.2, 0.25) is 0 Å². The number of hydrogen-bond donors (Lipinski definition) is 1. The molecule has 0 radical (unpaired) electrons. The van der Waals surface area contributed by atoms with Crippen molar-refractivity contribution in [3.8, 4) is 0 Å². The van der Waals surface area contributed by atoms with Crippen molar-refractivity contribution in [1.29, 1.82) is 0 Å². The van der Waals surface area contributed by atoms with Crippen LogP contribution in [0.3, 0.4) is 0 Å². The molecule has 2 fully saturated rings. The van der Waals surface area contributed by atoms with Crippen molar-refractivity contribution in [2.45, 2.75) is 104 Å². The predicted molar refractivity (Wildman–Crippen MR) is 96.6 cm³/mol. The van der Waals surface area contributed by atoms with Crippen LogP contribution in [0.5, 0.6) is 0 Å². The molecule has 23 heavy (non-hydrogen) atoms. The van der Waals surface area contributed by atoms with Crippen molar-refractivity contribution < 1.29 is 9.84 Å². The van der Waals surface area contributed by atoms with Gasteiger partial charge in [-0.05, 0) is 63.7 Å². The van der Waals surface area contributed by atoms with Gasteiger partial charge in [-0.1, -0.05) is 27.2 Å². The summed E-state index contributed by atoms with van der Waals surface area (Å²) >= 11 is 0. The van der Waals surface area contributed by atoms with Crippen molar-refractivity contribution >= 4 is 0 Å². The van der Waals surface area contributed by atoms with Gasteiger partial charge in [0.15, 0.2) is 0 Å². The SMILES string of the molecule is C[C@H]1CCC[C@H](C)N1C[C@H](O)COC1CCC(C(C)(C)C)CC1. The predicted octanol–water partition coefficient (Wildman–Crippen LogP) is 4.23. The third-order valence-corrected chi connectivity index (χ3v) is 6.22. The van der Waals surface area contributed by atoms with E-state index in [1.807, 2.05) is 0 Å². The quantitative estimate of drug-likeness (QED) is 0.821. The van der Waals surface area contributed by atoms with Crippen molar-refractivity contribution in [2.75, 3.05) is 13.2 Å². The van der Waals surface area contributed by atoms with Gasteiger partial charge in [-0.3, -0.25) is 4.90 Å². The molecule has 0 aromatic heterocycles. The Kier molecular flexibility index (Phi) is 6.94. The van der Waals surface area contributed by atoms with Crippen molar-refractivity contribution in [3.63, 3.8) is 0 Å². The highest BCUT2D eigenvalue weighted by Crippen LogP contribution is 2.38. The van der Waals surface area contributed by atoms with Crippen molar-refractivity contribution in [2.24, 2.45) is 11.3 Å². The average Bonchev–Trinajstić information content (AvgIpc) is 2.48. The van der Waals surface area contributed by atoms with Gasteiger partial charge in [-0.25, -0.2) is 0 Å². The number of nitrogens with zero attached hydrogens (tertiary/aromatic N) is 1. The van der Waals surface area contributed by atoms with Crippen molar-refractivity contribution in [1.82, 2.24) is 4.90 Å². The van der Waals surface area contributed by atoms with Crippen molar-refractivity contribution in [3.05, 3.63) is 0 Å². The zero-order valence-electron chi connectivity index (χ0n) is 16.1. The first-order valence-electron chi connectivity index (χ1n) is 9.82. The van der Waals surface area contributed by atoms with E-state index in [1.165, 1.54) is 32.1 Å². The van der Waals surface area contributed by atoms with E-state index in [-0.39, 0.29) is 6.10 Å². The van der Waals surface area contributed by atoms with E-state index < -0.39 is 0 Å². The van der Waals surface area contributed by atoms with E-state index >= 15 is 0 Å². The molecule has 0 aromatic carbocycles. The summed E-state index contributed by atoms with van der Waals surface area (Å²) in [4.78, 5) is 2.47. The van der Waals surface area contributed by atoms with Crippen LogP contribution in [0.4, 0.5) is 0 Å². The molecule has 2 aliphatic rings. The summed E-state index contributed by atoms with van der Waals surface area (Å²) in [5, 5.41) is 10.4. The number of likely N-dealkylation sites (tertiary alicyclic amines) is 1. The first-order valence-corrected chi connectivity index (χ1v) is 9.82. The third-order valence-electron chi connectivity index (χ3n) is 6.22. The Labute approximate surface area is 143 Å². The van der Waals surface area contributed by atoms with E-state index in [4.69, 9.17) is 4.74 Å². The fraction of sp³-hybridized carbons (Fsp3) is 1.00. The maximum Gasteiger partial charge on any atom is 0.0900 e. The van der Waals surface area contributed by atoms with Gasteiger partial charge in [0.1, 0.15) is 0 Å². The highest BCUT2D eigenvalue weighted by atomic mass is 16.5. The first kappa shape index (κ1) is 19.2. The molecule has 0 bridgehead atoms. The minimum absolute atomic E-state index is 0.349. The lowest BCUT2D eigenvalue weighted by atomic mass is 9.72. The maximum absolute atomic E-state index is 10.4. The summed E-state index contributed by atoms with van der Waals surface area (Å²) in [5.41, 5.74) is 0.422. The van der Waals surface area contributed by atoms with Crippen LogP contribution in [0.1, 0.15) is 79.6 Å². The van der Waals surface area contributed by atoms with E-state index in [1.54, 1.807) is 0 Å². The van der Waals surface area contributed by atoms with Gasteiger partial charge in [-0.15, -0.1) is 0 Å². The smallest absolute Gasteiger partial charge is 0.0900 e. The molecule has 0 unspecified atom stereocenters. The number of aliphatic hydroxyl groups is 1. The lowest BCUT2D eigenvalue weighted by molar-refractivity contribution is -0.0536. The number of piperidine rings is 1. The highest BCUT2D eigenvalue weighted by Gasteiger charge is 2.31. The van der Waals surface area contributed by atoms with Crippen LogP contribution in [0.15, 0.2) is 0 Å². The Morgan fingerprint density at radius 3 is 2.09 bits per heavy atom. The van der Waals surface area contributed by atoms with Gasteiger partial charge >= 0.3 is 0 Å². The standard InChI is InChI=1S/C20H39NO2/c1-15-7-6-8-16(2)21(15)13-18(22)14-23-19-11-9-17(10-12-19)20(3,4)5/h15-19,22H,6-14H2,1-5H3/t15-,16-,17?,18-,19?/m0/s1. The summed E-state index contributed by atoms with van der Waals surface area (Å²) in [5.74, 6) is 0.822. The van der Waals surface area contributed by atoms with Gasteiger partial charge < -0.3 is 9.84 Å². The molecule has 1 saturated heterocycles. The Bertz CT molecular complexity index is 334. The zero-order valence-corrected chi connectivity index (χ0v) is 16.1. The minimum atomic E-state index is -0.349. The normalized spacial score (nSPS) is 35.2. The Hall–Kier alpha value is -0.120. The molecule has 1 N–H and O–H groups in total. The summed E-state index contributed by atoms with van der Waals surface area (Å²) in [6, 6.07) is 1.19. The molecule has 3 nitrogen and oxygen atoms in total. The van der Waals surface area contributed by atoms with Gasteiger partial charge in [-0.2, -0.15) is 0 Å². The average molecular weight is 326 g/mol. The van der Waals surface area contributed by atoms with E-state index in [0.717, 1.165) is 25.3 Å². The third kappa shape index (κ3) is 5.72. The van der Waals surface area contributed by atoms with Gasteiger partial charge in [0.2, 0.25) is 0 Å². The van der Waals surface area contributed by atoms with Gasteiger partial charge in [0, 0.05) is 18.6 Å². The van der Waals surface area contributed by atoms with E-state index in [2.05, 4.69) is 39.5 Å². The second-order valence-electron chi connectivity index (χ2n) is 9.15. The first-order chi connectivity index (χ1) is 10.8. The summed E-state index contributed by atoms with van der Waals surface area (Å²) in [7, 11) is 0. The molecule has 0 spiro atoms. The van der Waals surface area contributed by atoms with E-state index in [0.29, 0.717) is 30.2 Å². The summed E-state index contributed by atoms with van der Waals surface area (Å²) in [6.07, 6.45) is 8.70. The van der Waals surface area contributed by atoms with Crippen LogP contribution in [0, 0.1) is 11.3 Å². The highest BCUT2D eigenvalue weighted by molar-refractivity contribution is 4.83. The molecule has 1 aliphatic carbocycles.